The van der Waals surface area contributed by atoms with Gasteiger partial charge in [-0.05, 0) is 37.1 Å². The highest BCUT2D eigenvalue weighted by atomic mass is 16.2. The molecular weight excluding hydrogens is 306 g/mol. The molecule has 1 aliphatic heterocycles. The number of amides is 3. The lowest BCUT2D eigenvalue weighted by Gasteiger charge is -2.35. The largest absolute Gasteiger partial charge is 0.339 e. The van der Waals surface area contributed by atoms with E-state index in [9.17, 15) is 14.4 Å². The Hall–Kier alpha value is -2.37. The van der Waals surface area contributed by atoms with Crippen molar-refractivity contribution < 1.29 is 14.4 Å². The van der Waals surface area contributed by atoms with Crippen LogP contribution in [0.5, 0.6) is 0 Å². The zero-order valence-electron chi connectivity index (χ0n) is 14.8. The maximum atomic E-state index is 12.6. The summed E-state index contributed by atoms with van der Waals surface area (Å²) in [5.74, 6) is -0.217. The van der Waals surface area contributed by atoms with Crippen LogP contribution in [0.25, 0.3) is 0 Å². The molecule has 0 atom stereocenters. The van der Waals surface area contributed by atoms with Crippen molar-refractivity contribution >= 4 is 23.4 Å². The van der Waals surface area contributed by atoms with E-state index >= 15 is 0 Å². The Morgan fingerprint density at radius 1 is 0.917 bits per heavy atom. The quantitative estimate of drug-likeness (QED) is 0.840. The predicted molar refractivity (Wildman–Crippen MR) is 92.8 cm³/mol. The molecule has 6 nitrogen and oxygen atoms in total. The third kappa shape index (κ3) is 4.34. The van der Waals surface area contributed by atoms with Gasteiger partial charge in [0.1, 0.15) is 6.54 Å². The van der Waals surface area contributed by atoms with Crippen LogP contribution in [-0.4, -0.2) is 60.2 Å². The van der Waals surface area contributed by atoms with E-state index in [-0.39, 0.29) is 24.3 Å². The Morgan fingerprint density at radius 2 is 1.42 bits per heavy atom. The van der Waals surface area contributed by atoms with Crippen molar-refractivity contribution in [2.75, 3.05) is 37.6 Å². The van der Waals surface area contributed by atoms with Crippen molar-refractivity contribution in [3.63, 3.8) is 0 Å². The molecule has 0 radical (unpaired) electrons. The Kier molecular flexibility index (Phi) is 5.59. The molecule has 1 aromatic carbocycles. The molecule has 0 spiro atoms. The lowest BCUT2D eigenvalue weighted by atomic mass is 10.1. The molecule has 0 aliphatic carbocycles. The van der Waals surface area contributed by atoms with Gasteiger partial charge >= 0.3 is 0 Å². The van der Waals surface area contributed by atoms with Gasteiger partial charge in [-0.15, -0.1) is 0 Å². The van der Waals surface area contributed by atoms with Crippen LogP contribution in [0.2, 0.25) is 0 Å². The monoisotopic (exact) mass is 331 g/mol. The van der Waals surface area contributed by atoms with Gasteiger partial charge in [0.2, 0.25) is 17.7 Å². The summed E-state index contributed by atoms with van der Waals surface area (Å²) in [5.41, 5.74) is 2.85. The first-order valence-corrected chi connectivity index (χ1v) is 8.17. The highest BCUT2D eigenvalue weighted by molar-refractivity contribution is 5.97. The molecule has 130 valence electrons. The zero-order valence-corrected chi connectivity index (χ0v) is 14.8. The summed E-state index contributed by atoms with van der Waals surface area (Å²) in [6.07, 6.45) is 0. The second kappa shape index (κ2) is 7.47. The van der Waals surface area contributed by atoms with Gasteiger partial charge in [-0.25, -0.2) is 0 Å². The fourth-order valence-corrected chi connectivity index (χ4v) is 3.00. The van der Waals surface area contributed by atoms with Crippen LogP contribution in [0, 0.1) is 13.8 Å². The fourth-order valence-electron chi connectivity index (χ4n) is 3.00. The van der Waals surface area contributed by atoms with Crippen LogP contribution in [-0.2, 0) is 14.4 Å². The Balaban J connectivity index is 2.07. The van der Waals surface area contributed by atoms with Gasteiger partial charge in [0.15, 0.2) is 0 Å². The molecule has 1 aliphatic rings. The molecule has 1 saturated heterocycles. The predicted octanol–water partition coefficient (Wildman–Crippen LogP) is 1.35. The number of piperazine rings is 1. The van der Waals surface area contributed by atoms with E-state index in [1.54, 1.807) is 9.80 Å². The van der Waals surface area contributed by atoms with E-state index in [1.807, 2.05) is 32.0 Å². The van der Waals surface area contributed by atoms with Crippen LogP contribution in [0.15, 0.2) is 18.2 Å². The van der Waals surface area contributed by atoms with E-state index in [0.717, 1.165) is 16.8 Å². The van der Waals surface area contributed by atoms with Crippen molar-refractivity contribution in [2.24, 2.45) is 0 Å². The van der Waals surface area contributed by atoms with Gasteiger partial charge in [0.05, 0.1) is 0 Å². The summed E-state index contributed by atoms with van der Waals surface area (Å²) in [4.78, 5) is 40.9. The standard InChI is InChI=1S/C18H25N3O3/c1-13-9-14(2)11-17(10-13)21(16(4)23)12-18(24)20-7-5-19(6-8-20)15(3)22/h9-11H,5-8,12H2,1-4H3. The minimum absolute atomic E-state index is 0.0261. The maximum absolute atomic E-state index is 12.6. The van der Waals surface area contributed by atoms with Gasteiger partial charge in [0, 0.05) is 45.7 Å². The second-order valence-corrected chi connectivity index (χ2v) is 6.34. The number of rotatable bonds is 3. The smallest absolute Gasteiger partial charge is 0.242 e. The minimum Gasteiger partial charge on any atom is -0.339 e. The topological polar surface area (TPSA) is 60.9 Å². The lowest BCUT2D eigenvalue weighted by Crippen LogP contribution is -2.52. The van der Waals surface area contributed by atoms with Crippen molar-refractivity contribution in [1.29, 1.82) is 0 Å². The molecule has 0 N–H and O–H groups in total. The van der Waals surface area contributed by atoms with E-state index in [0.29, 0.717) is 26.2 Å². The number of carbonyl (C=O) groups is 3. The molecule has 2 rings (SSSR count). The molecule has 1 aromatic rings. The molecule has 24 heavy (non-hydrogen) atoms. The number of anilines is 1. The SMILES string of the molecule is CC(=O)N1CCN(C(=O)CN(C(C)=O)c2cc(C)cc(C)c2)CC1. The molecule has 0 aromatic heterocycles. The normalized spacial score (nSPS) is 14.5. The van der Waals surface area contributed by atoms with E-state index in [1.165, 1.54) is 18.7 Å². The summed E-state index contributed by atoms with van der Waals surface area (Å²) in [5, 5.41) is 0. The number of hydrogen-bond donors (Lipinski definition) is 0. The number of benzene rings is 1. The molecule has 1 fully saturated rings. The molecule has 0 saturated carbocycles. The summed E-state index contributed by atoms with van der Waals surface area (Å²) < 4.78 is 0. The molecule has 6 heteroatoms. The molecule has 1 heterocycles. The fraction of sp³-hybridized carbons (Fsp3) is 0.500. The maximum Gasteiger partial charge on any atom is 0.242 e. The summed E-state index contributed by atoms with van der Waals surface area (Å²) in [6, 6.07) is 5.86. The first-order chi connectivity index (χ1) is 11.3. The number of nitrogens with zero attached hydrogens (tertiary/aromatic N) is 3. The van der Waals surface area contributed by atoms with Gasteiger partial charge < -0.3 is 14.7 Å². The van der Waals surface area contributed by atoms with Crippen molar-refractivity contribution in [1.82, 2.24) is 9.80 Å². The summed E-state index contributed by atoms with van der Waals surface area (Å²) in [6.45, 7) is 9.09. The van der Waals surface area contributed by atoms with Crippen LogP contribution in [0.4, 0.5) is 5.69 Å². The molecule has 0 bridgehead atoms. The van der Waals surface area contributed by atoms with Crippen molar-refractivity contribution in [2.45, 2.75) is 27.7 Å². The average molecular weight is 331 g/mol. The molecule has 0 unspecified atom stereocenters. The Labute approximate surface area is 143 Å². The highest BCUT2D eigenvalue weighted by Gasteiger charge is 2.25. The minimum atomic E-state index is -0.157. The summed E-state index contributed by atoms with van der Waals surface area (Å²) in [7, 11) is 0. The van der Waals surface area contributed by atoms with E-state index in [4.69, 9.17) is 0 Å². The summed E-state index contributed by atoms with van der Waals surface area (Å²) >= 11 is 0. The third-order valence-corrected chi connectivity index (χ3v) is 4.27. The van der Waals surface area contributed by atoms with Crippen molar-refractivity contribution in [3.05, 3.63) is 29.3 Å². The average Bonchev–Trinajstić information content (AvgIpc) is 2.51. The van der Waals surface area contributed by atoms with E-state index < -0.39 is 0 Å². The van der Waals surface area contributed by atoms with Gasteiger partial charge in [-0.2, -0.15) is 0 Å². The first-order valence-electron chi connectivity index (χ1n) is 8.17. The highest BCUT2D eigenvalue weighted by Crippen LogP contribution is 2.19. The van der Waals surface area contributed by atoms with E-state index in [2.05, 4.69) is 0 Å². The van der Waals surface area contributed by atoms with Gasteiger partial charge in [0.25, 0.3) is 0 Å². The van der Waals surface area contributed by atoms with Crippen molar-refractivity contribution in [3.8, 4) is 0 Å². The lowest BCUT2D eigenvalue weighted by molar-refractivity contribution is -0.137. The van der Waals surface area contributed by atoms with Crippen LogP contribution in [0.1, 0.15) is 25.0 Å². The second-order valence-electron chi connectivity index (χ2n) is 6.34. The molecular formula is C18H25N3O3. The van der Waals surface area contributed by atoms with Crippen LogP contribution < -0.4 is 4.90 Å². The first kappa shape index (κ1) is 18.0. The van der Waals surface area contributed by atoms with Crippen LogP contribution in [0.3, 0.4) is 0 Å². The van der Waals surface area contributed by atoms with Crippen LogP contribution >= 0.6 is 0 Å². The van der Waals surface area contributed by atoms with Gasteiger partial charge in [-0.3, -0.25) is 14.4 Å². The Bertz CT molecular complexity index is 629. The third-order valence-electron chi connectivity index (χ3n) is 4.27. The van der Waals surface area contributed by atoms with Gasteiger partial charge in [-0.1, -0.05) is 6.07 Å². The zero-order chi connectivity index (χ0) is 17.9. The number of aryl methyl sites for hydroxylation is 2. The number of carbonyl (C=O) groups excluding carboxylic acids is 3. The molecule has 3 amide bonds. The Morgan fingerprint density at radius 3 is 1.88 bits per heavy atom. The number of hydrogen-bond acceptors (Lipinski definition) is 3.